The van der Waals surface area contributed by atoms with Gasteiger partial charge in [-0.3, -0.25) is 4.79 Å². The molecule has 0 aliphatic heterocycles. The van der Waals surface area contributed by atoms with Crippen LogP contribution in [0.5, 0.6) is 5.75 Å². The number of hydrogen-bond acceptors (Lipinski definition) is 3. The maximum Gasteiger partial charge on any atom is 0.163 e. The minimum atomic E-state index is -0.856. The number of aliphatic hydroxyl groups is 1. The Labute approximate surface area is 95.0 Å². The molecule has 0 heterocycles. The van der Waals surface area contributed by atoms with Gasteiger partial charge < -0.3 is 9.84 Å². The lowest BCUT2D eigenvalue weighted by Crippen LogP contribution is -2.28. The second-order valence-corrected chi connectivity index (χ2v) is 4.81. The van der Waals surface area contributed by atoms with Crippen LogP contribution < -0.4 is 4.74 Å². The predicted molar refractivity (Wildman–Crippen MR) is 60.9 cm³/mol. The van der Waals surface area contributed by atoms with E-state index in [0.717, 1.165) is 23.3 Å². The molecule has 0 spiro atoms. The van der Waals surface area contributed by atoms with Crippen molar-refractivity contribution in [1.29, 1.82) is 0 Å². The highest BCUT2D eigenvalue weighted by Crippen LogP contribution is 2.30. The maximum absolute atomic E-state index is 11.5. The number of ketones is 1. The van der Waals surface area contributed by atoms with E-state index < -0.39 is 5.60 Å². The Morgan fingerprint density at radius 2 is 2.12 bits per heavy atom. The highest BCUT2D eigenvalue weighted by Gasteiger charge is 2.23. The van der Waals surface area contributed by atoms with Crippen molar-refractivity contribution < 1.29 is 14.6 Å². The molecular formula is C13H16O3. The quantitative estimate of drug-likeness (QED) is 0.847. The first-order chi connectivity index (χ1) is 7.47. The van der Waals surface area contributed by atoms with Crippen LogP contribution in [-0.2, 0) is 6.42 Å². The van der Waals surface area contributed by atoms with Gasteiger partial charge in [-0.1, -0.05) is 12.1 Å². The fraction of sp³-hybridized carbons (Fsp3) is 0.462. The molecule has 3 nitrogen and oxygen atoms in total. The number of carbonyl (C=O) groups is 1. The summed E-state index contributed by atoms with van der Waals surface area (Å²) in [7, 11) is 0. The zero-order chi connectivity index (χ0) is 11.8. The summed E-state index contributed by atoms with van der Waals surface area (Å²) in [4.78, 5) is 11.5. The average Bonchev–Trinajstić information content (AvgIpc) is 2.57. The zero-order valence-corrected chi connectivity index (χ0v) is 9.62. The molecule has 0 saturated heterocycles. The molecule has 16 heavy (non-hydrogen) atoms. The molecule has 0 fully saturated rings. The summed E-state index contributed by atoms with van der Waals surface area (Å²) in [6.07, 6.45) is 1.31. The van der Waals surface area contributed by atoms with E-state index >= 15 is 0 Å². The summed E-state index contributed by atoms with van der Waals surface area (Å²) in [5.41, 5.74) is 0.899. The van der Waals surface area contributed by atoms with Gasteiger partial charge >= 0.3 is 0 Å². The van der Waals surface area contributed by atoms with Crippen LogP contribution >= 0.6 is 0 Å². The molecule has 0 bridgehead atoms. The van der Waals surface area contributed by atoms with Crippen molar-refractivity contribution in [2.75, 3.05) is 6.61 Å². The second kappa shape index (κ2) is 3.91. The van der Waals surface area contributed by atoms with Crippen molar-refractivity contribution in [2.45, 2.75) is 32.3 Å². The largest absolute Gasteiger partial charge is 0.490 e. The first-order valence-electron chi connectivity index (χ1n) is 5.48. The van der Waals surface area contributed by atoms with Crippen LogP contribution in [-0.4, -0.2) is 23.1 Å². The van der Waals surface area contributed by atoms with Gasteiger partial charge in [-0.25, -0.2) is 0 Å². The summed E-state index contributed by atoms with van der Waals surface area (Å²) < 4.78 is 5.56. The molecule has 0 unspecified atom stereocenters. The van der Waals surface area contributed by atoms with E-state index in [1.165, 1.54) is 0 Å². The fourth-order valence-electron chi connectivity index (χ4n) is 1.85. The summed E-state index contributed by atoms with van der Waals surface area (Å²) in [5, 5.41) is 9.59. The first kappa shape index (κ1) is 11.1. The van der Waals surface area contributed by atoms with Crippen LogP contribution in [0.2, 0.25) is 0 Å². The number of fused-ring (bicyclic) bond motifs is 1. The number of hydrogen-bond donors (Lipinski definition) is 1. The topological polar surface area (TPSA) is 46.5 Å². The maximum atomic E-state index is 11.5. The molecule has 86 valence electrons. The molecule has 1 aromatic rings. The Hall–Kier alpha value is -1.35. The molecule has 1 aliphatic carbocycles. The molecule has 1 aliphatic rings. The molecule has 0 radical (unpaired) electrons. The third-order valence-corrected chi connectivity index (χ3v) is 2.62. The molecule has 0 amide bonds. The third kappa shape index (κ3) is 2.25. The molecule has 2 rings (SSSR count). The molecule has 1 N–H and O–H groups in total. The number of benzene rings is 1. The molecule has 0 saturated carbocycles. The second-order valence-electron chi connectivity index (χ2n) is 4.81. The van der Waals surface area contributed by atoms with Crippen molar-refractivity contribution in [3.8, 4) is 5.75 Å². The van der Waals surface area contributed by atoms with E-state index in [1.54, 1.807) is 13.8 Å². The van der Waals surface area contributed by atoms with Gasteiger partial charge in [0.05, 0.1) is 5.60 Å². The number of rotatable bonds is 3. The van der Waals surface area contributed by atoms with Crippen LogP contribution in [0.3, 0.4) is 0 Å². The van der Waals surface area contributed by atoms with Gasteiger partial charge in [0.25, 0.3) is 0 Å². The first-order valence-corrected chi connectivity index (χ1v) is 5.48. The molecular weight excluding hydrogens is 204 g/mol. The van der Waals surface area contributed by atoms with Crippen LogP contribution in [0, 0.1) is 0 Å². The Balaban J connectivity index is 2.20. The van der Waals surface area contributed by atoms with E-state index in [1.807, 2.05) is 18.2 Å². The zero-order valence-electron chi connectivity index (χ0n) is 9.62. The summed E-state index contributed by atoms with van der Waals surface area (Å²) in [6, 6.07) is 5.51. The van der Waals surface area contributed by atoms with Crippen molar-refractivity contribution in [3.05, 3.63) is 29.3 Å². The standard InChI is InChI=1S/C13H16O3/c1-13(2,15)8-16-12-5-3-4-9-10(12)6-7-11(9)14/h3-5,15H,6-8H2,1-2H3. The van der Waals surface area contributed by atoms with Crippen LogP contribution in [0.15, 0.2) is 18.2 Å². The van der Waals surface area contributed by atoms with E-state index in [2.05, 4.69) is 0 Å². The van der Waals surface area contributed by atoms with Gasteiger partial charge in [0, 0.05) is 17.5 Å². The Bertz CT molecular complexity index is 416. The monoisotopic (exact) mass is 220 g/mol. The molecule has 0 aromatic heterocycles. The minimum absolute atomic E-state index is 0.184. The molecule has 1 aromatic carbocycles. The lowest BCUT2D eigenvalue weighted by Gasteiger charge is -2.19. The summed E-state index contributed by atoms with van der Waals surface area (Å²) in [5.74, 6) is 0.911. The normalized spacial score (nSPS) is 15.1. The number of Topliss-reactive ketones (excluding diaryl/α,β-unsaturated/α-hetero) is 1. The van der Waals surface area contributed by atoms with Crippen LogP contribution in [0.4, 0.5) is 0 Å². The highest BCUT2D eigenvalue weighted by atomic mass is 16.5. The van der Waals surface area contributed by atoms with Gasteiger partial charge in [-0.05, 0) is 26.3 Å². The van der Waals surface area contributed by atoms with Gasteiger partial charge in [0.2, 0.25) is 0 Å². The van der Waals surface area contributed by atoms with Gasteiger partial charge in [0.1, 0.15) is 12.4 Å². The summed E-state index contributed by atoms with van der Waals surface area (Å²) >= 11 is 0. The molecule has 0 atom stereocenters. The third-order valence-electron chi connectivity index (χ3n) is 2.62. The van der Waals surface area contributed by atoms with Crippen molar-refractivity contribution >= 4 is 5.78 Å². The Kier molecular flexibility index (Phi) is 2.72. The van der Waals surface area contributed by atoms with Gasteiger partial charge in [0.15, 0.2) is 5.78 Å². The highest BCUT2D eigenvalue weighted by molar-refractivity contribution is 6.01. The van der Waals surface area contributed by atoms with Crippen molar-refractivity contribution in [3.63, 3.8) is 0 Å². The van der Waals surface area contributed by atoms with Crippen LogP contribution in [0.1, 0.15) is 36.2 Å². The van der Waals surface area contributed by atoms with E-state index in [0.29, 0.717) is 6.42 Å². The van der Waals surface area contributed by atoms with E-state index in [4.69, 9.17) is 4.74 Å². The van der Waals surface area contributed by atoms with Crippen molar-refractivity contribution in [2.24, 2.45) is 0 Å². The van der Waals surface area contributed by atoms with E-state index in [9.17, 15) is 9.90 Å². The lowest BCUT2D eigenvalue weighted by atomic mass is 10.1. The number of carbonyl (C=O) groups excluding carboxylic acids is 1. The lowest BCUT2D eigenvalue weighted by molar-refractivity contribution is 0.0282. The fourth-order valence-corrected chi connectivity index (χ4v) is 1.85. The van der Waals surface area contributed by atoms with Gasteiger partial charge in [-0.15, -0.1) is 0 Å². The van der Waals surface area contributed by atoms with Crippen molar-refractivity contribution in [1.82, 2.24) is 0 Å². The smallest absolute Gasteiger partial charge is 0.163 e. The SMILES string of the molecule is CC(C)(O)COc1cccc2c1CCC2=O. The Morgan fingerprint density at radius 1 is 1.38 bits per heavy atom. The number of ether oxygens (including phenoxy) is 1. The summed E-state index contributed by atoms with van der Waals surface area (Å²) in [6.45, 7) is 3.63. The predicted octanol–water partition coefficient (Wildman–Crippen LogP) is 1.97. The molecule has 3 heteroatoms. The van der Waals surface area contributed by atoms with Gasteiger partial charge in [-0.2, -0.15) is 0 Å². The minimum Gasteiger partial charge on any atom is -0.490 e. The average molecular weight is 220 g/mol. The van der Waals surface area contributed by atoms with E-state index in [-0.39, 0.29) is 12.4 Å². The van der Waals surface area contributed by atoms with Crippen LogP contribution in [0.25, 0.3) is 0 Å². The Morgan fingerprint density at radius 3 is 2.81 bits per heavy atom.